The van der Waals surface area contributed by atoms with Crippen molar-refractivity contribution in [2.45, 2.75) is 20.0 Å². The normalized spacial score (nSPS) is 15.4. The van der Waals surface area contributed by atoms with Crippen LogP contribution in [0.25, 0.3) is 0 Å². The number of nitrogens with two attached hydrogens (primary N) is 1. The molecule has 0 saturated carbocycles. The molecule has 1 aliphatic heterocycles. The minimum absolute atomic E-state index is 0.597. The molecule has 5 heteroatoms. The van der Waals surface area contributed by atoms with Crippen molar-refractivity contribution in [3.8, 4) is 0 Å². The number of hydrogen-bond donors (Lipinski definition) is 2. The Kier molecular flexibility index (Phi) is 2.83. The van der Waals surface area contributed by atoms with Gasteiger partial charge in [-0.2, -0.15) is 0 Å². The highest BCUT2D eigenvalue weighted by Gasteiger charge is 2.20. The first-order valence-electron chi connectivity index (χ1n) is 5.19. The molecule has 0 aliphatic carbocycles. The van der Waals surface area contributed by atoms with Crippen molar-refractivity contribution in [3.63, 3.8) is 0 Å². The summed E-state index contributed by atoms with van der Waals surface area (Å²) in [6, 6.07) is 0. The minimum atomic E-state index is 0.597. The van der Waals surface area contributed by atoms with Gasteiger partial charge in [-0.05, 0) is 14.0 Å². The summed E-state index contributed by atoms with van der Waals surface area (Å²) in [4.78, 5) is 11.1. The summed E-state index contributed by atoms with van der Waals surface area (Å²) in [5.41, 5.74) is 8.91. The van der Waals surface area contributed by atoms with Gasteiger partial charge in [0.15, 0.2) is 0 Å². The lowest BCUT2D eigenvalue weighted by atomic mass is 10.2. The van der Waals surface area contributed by atoms with E-state index in [0.717, 1.165) is 24.5 Å². The van der Waals surface area contributed by atoms with Crippen LogP contribution < -0.4 is 11.1 Å². The summed E-state index contributed by atoms with van der Waals surface area (Å²) in [6.07, 6.45) is 0. The number of rotatable bonds is 3. The molecule has 5 nitrogen and oxygen atoms in total. The predicted octanol–water partition coefficient (Wildman–Crippen LogP) is 0.101. The van der Waals surface area contributed by atoms with Crippen molar-refractivity contribution < 1.29 is 0 Å². The van der Waals surface area contributed by atoms with E-state index >= 15 is 0 Å². The van der Waals surface area contributed by atoms with E-state index < -0.39 is 0 Å². The molecule has 0 atom stereocenters. The smallest absolute Gasteiger partial charge is 0.223 e. The fourth-order valence-corrected chi connectivity index (χ4v) is 1.84. The summed E-state index contributed by atoms with van der Waals surface area (Å²) in [6.45, 7) is 5.22. The second-order valence-corrected chi connectivity index (χ2v) is 3.95. The van der Waals surface area contributed by atoms with Crippen molar-refractivity contribution in [3.05, 3.63) is 17.0 Å². The molecule has 2 rings (SSSR count). The molecule has 3 N–H and O–H groups in total. The van der Waals surface area contributed by atoms with E-state index in [2.05, 4.69) is 27.2 Å². The molecule has 1 aromatic heterocycles. The van der Waals surface area contributed by atoms with Crippen LogP contribution in [0, 0.1) is 6.92 Å². The van der Waals surface area contributed by atoms with Gasteiger partial charge in [-0.15, -0.1) is 0 Å². The molecule has 0 spiro atoms. The summed E-state index contributed by atoms with van der Waals surface area (Å²) in [5, 5.41) is 3.11. The van der Waals surface area contributed by atoms with Crippen LogP contribution >= 0.6 is 0 Å². The number of anilines is 1. The van der Waals surface area contributed by atoms with Crippen LogP contribution in [0.1, 0.15) is 17.0 Å². The lowest BCUT2D eigenvalue weighted by Crippen LogP contribution is -2.15. The summed E-state index contributed by atoms with van der Waals surface area (Å²) in [7, 11) is 2.09. The number of fused-ring (bicyclic) bond motifs is 1. The van der Waals surface area contributed by atoms with Gasteiger partial charge in [0.1, 0.15) is 0 Å². The largest absolute Gasteiger partial charge is 0.353 e. The standard InChI is InChI=1S/C10H17N5/c1-7-8-5-15(2)6-9(8)14-10(13-7)12-4-3-11/h3-6,11H2,1-2H3,(H,12,13,14). The second-order valence-electron chi connectivity index (χ2n) is 3.95. The van der Waals surface area contributed by atoms with Gasteiger partial charge in [0.25, 0.3) is 0 Å². The van der Waals surface area contributed by atoms with Crippen LogP contribution in [-0.2, 0) is 13.1 Å². The number of aromatic nitrogens is 2. The van der Waals surface area contributed by atoms with Crippen molar-refractivity contribution >= 4 is 5.95 Å². The van der Waals surface area contributed by atoms with Crippen LogP contribution in [0.5, 0.6) is 0 Å². The fraction of sp³-hybridized carbons (Fsp3) is 0.600. The molecule has 0 fully saturated rings. The van der Waals surface area contributed by atoms with E-state index in [0.29, 0.717) is 19.0 Å². The van der Waals surface area contributed by atoms with E-state index in [1.165, 1.54) is 5.56 Å². The van der Waals surface area contributed by atoms with E-state index in [1.807, 2.05) is 6.92 Å². The van der Waals surface area contributed by atoms with Crippen LogP contribution in [0.3, 0.4) is 0 Å². The number of nitrogens with one attached hydrogen (secondary N) is 1. The topological polar surface area (TPSA) is 67.1 Å². The maximum absolute atomic E-state index is 5.42. The molecule has 0 unspecified atom stereocenters. The van der Waals surface area contributed by atoms with Gasteiger partial charge in [-0.3, -0.25) is 4.90 Å². The SMILES string of the molecule is Cc1nc(NCCN)nc2c1CN(C)C2. The zero-order chi connectivity index (χ0) is 10.8. The Morgan fingerprint density at radius 1 is 1.40 bits per heavy atom. The molecule has 1 aromatic rings. The molecule has 0 amide bonds. The molecule has 0 saturated heterocycles. The van der Waals surface area contributed by atoms with E-state index in [4.69, 9.17) is 5.73 Å². The third-order valence-corrected chi connectivity index (χ3v) is 2.57. The highest BCUT2D eigenvalue weighted by Crippen LogP contribution is 2.22. The van der Waals surface area contributed by atoms with Crippen LogP contribution in [0.15, 0.2) is 0 Å². The quantitative estimate of drug-likeness (QED) is 0.736. The Morgan fingerprint density at radius 3 is 2.93 bits per heavy atom. The summed E-state index contributed by atoms with van der Waals surface area (Å²) < 4.78 is 0. The van der Waals surface area contributed by atoms with Gasteiger partial charge in [-0.25, -0.2) is 9.97 Å². The molecule has 82 valence electrons. The lowest BCUT2D eigenvalue weighted by Gasteiger charge is -2.07. The van der Waals surface area contributed by atoms with Gasteiger partial charge in [0.05, 0.1) is 5.69 Å². The molecular formula is C10H17N5. The summed E-state index contributed by atoms with van der Waals surface area (Å²) in [5.74, 6) is 0.701. The maximum atomic E-state index is 5.42. The Bertz CT molecular complexity index is 363. The van der Waals surface area contributed by atoms with Gasteiger partial charge in [0, 0.05) is 37.4 Å². The first-order valence-corrected chi connectivity index (χ1v) is 5.19. The Morgan fingerprint density at radius 2 is 2.20 bits per heavy atom. The average molecular weight is 207 g/mol. The zero-order valence-corrected chi connectivity index (χ0v) is 9.25. The Hall–Kier alpha value is -1.20. The third-order valence-electron chi connectivity index (χ3n) is 2.57. The lowest BCUT2D eigenvalue weighted by molar-refractivity contribution is 0.351. The number of hydrogen-bond acceptors (Lipinski definition) is 5. The van der Waals surface area contributed by atoms with E-state index in [9.17, 15) is 0 Å². The van der Waals surface area contributed by atoms with Crippen molar-refractivity contribution in [1.29, 1.82) is 0 Å². The molecule has 15 heavy (non-hydrogen) atoms. The average Bonchev–Trinajstić information content (AvgIpc) is 2.56. The highest BCUT2D eigenvalue weighted by atomic mass is 15.2. The second kappa shape index (κ2) is 4.12. The highest BCUT2D eigenvalue weighted by molar-refractivity contribution is 5.36. The van der Waals surface area contributed by atoms with Crippen molar-refractivity contribution in [2.75, 3.05) is 25.5 Å². The number of nitrogens with zero attached hydrogens (tertiary/aromatic N) is 3. The molecule has 0 radical (unpaired) electrons. The molecular weight excluding hydrogens is 190 g/mol. The van der Waals surface area contributed by atoms with Crippen molar-refractivity contribution in [1.82, 2.24) is 14.9 Å². The molecule has 0 bridgehead atoms. The predicted molar refractivity (Wildman–Crippen MR) is 59.5 cm³/mol. The third kappa shape index (κ3) is 2.08. The molecule has 0 aromatic carbocycles. The number of aryl methyl sites for hydroxylation is 1. The monoisotopic (exact) mass is 207 g/mol. The maximum Gasteiger partial charge on any atom is 0.223 e. The summed E-state index contributed by atoms with van der Waals surface area (Å²) >= 11 is 0. The first-order chi connectivity index (χ1) is 7.20. The van der Waals surface area contributed by atoms with Crippen molar-refractivity contribution in [2.24, 2.45) is 5.73 Å². The first kappa shape index (κ1) is 10.3. The van der Waals surface area contributed by atoms with Gasteiger partial charge in [0.2, 0.25) is 5.95 Å². The van der Waals surface area contributed by atoms with Gasteiger partial charge in [-0.1, -0.05) is 0 Å². The zero-order valence-electron chi connectivity index (χ0n) is 9.25. The molecule has 1 aliphatic rings. The van der Waals surface area contributed by atoms with Gasteiger partial charge < -0.3 is 11.1 Å². The minimum Gasteiger partial charge on any atom is -0.353 e. The van der Waals surface area contributed by atoms with E-state index in [1.54, 1.807) is 0 Å². The van der Waals surface area contributed by atoms with Crippen LogP contribution in [0.2, 0.25) is 0 Å². The van der Waals surface area contributed by atoms with Crippen LogP contribution in [-0.4, -0.2) is 35.0 Å². The van der Waals surface area contributed by atoms with Crippen LogP contribution in [0.4, 0.5) is 5.95 Å². The Balaban J connectivity index is 2.23. The Labute approximate surface area is 89.7 Å². The molecule has 2 heterocycles. The fourth-order valence-electron chi connectivity index (χ4n) is 1.84. The van der Waals surface area contributed by atoms with E-state index in [-0.39, 0.29) is 0 Å². The van der Waals surface area contributed by atoms with Gasteiger partial charge >= 0.3 is 0 Å².